The summed E-state index contributed by atoms with van der Waals surface area (Å²) in [5.74, 6) is 0.394. The molecular weight excluding hydrogens is 276 g/mol. The minimum atomic E-state index is -3.66. The Bertz CT molecular complexity index is 503. The lowest BCUT2D eigenvalue weighted by molar-refractivity contribution is -0.0283. The van der Waals surface area contributed by atoms with Gasteiger partial charge in [-0.05, 0) is 13.0 Å². The topological polar surface area (TPSA) is 68.7 Å². The van der Waals surface area contributed by atoms with E-state index in [0.29, 0.717) is 12.5 Å². The number of hydroxylamine groups is 1. The first-order valence-corrected chi connectivity index (χ1v) is 7.42. The van der Waals surface area contributed by atoms with Crippen molar-refractivity contribution in [3.05, 3.63) is 18.3 Å². The van der Waals surface area contributed by atoms with Crippen LogP contribution < -0.4 is 4.74 Å². The zero-order chi connectivity index (χ0) is 13.2. The Labute approximate surface area is 111 Å². The van der Waals surface area contributed by atoms with E-state index in [1.165, 1.54) is 18.3 Å². The van der Waals surface area contributed by atoms with Crippen molar-refractivity contribution in [1.82, 2.24) is 9.45 Å². The zero-order valence-electron chi connectivity index (χ0n) is 9.81. The summed E-state index contributed by atoms with van der Waals surface area (Å²) in [7, 11) is -3.66. The Hall–Kier alpha value is -0.830. The Balaban J connectivity index is 2.19. The number of hydrogen-bond donors (Lipinski definition) is 1. The fraction of sp³-hybridized carbons (Fsp3) is 0.500. The molecule has 0 saturated carbocycles. The van der Waals surface area contributed by atoms with Gasteiger partial charge in [0.1, 0.15) is 4.90 Å². The van der Waals surface area contributed by atoms with E-state index in [2.05, 4.69) is 17.6 Å². The molecule has 2 rings (SSSR count). The van der Waals surface area contributed by atoms with Crippen LogP contribution >= 0.6 is 12.6 Å². The van der Waals surface area contributed by atoms with Crippen molar-refractivity contribution in [2.24, 2.45) is 0 Å². The minimum absolute atomic E-state index is 0.0772. The van der Waals surface area contributed by atoms with Crippen LogP contribution in [0.15, 0.2) is 23.2 Å². The van der Waals surface area contributed by atoms with Crippen LogP contribution in [-0.4, -0.2) is 42.9 Å². The van der Waals surface area contributed by atoms with Crippen LogP contribution in [-0.2, 0) is 14.9 Å². The fourth-order valence-corrected chi connectivity index (χ4v) is 3.05. The van der Waals surface area contributed by atoms with E-state index in [0.717, 1.165) is 4.47 Å². The number of hydrogen-bond acceptors (Lipinski definition) is 6. The van der Waals surface area contributed by atoms with Crippen LogP contribution in [0.25, 0.3) is 0 Å². The highest BCUT2D eigenvalue weighted by molar-refractivity contribution is 7.89. The summed E-state index contributed by atoms with van der Waals surface area (Å²) in [6.07, 6.45) is 1.26. The van der Waals surface area contributed by atoms with Crippen molar-refractivity contribution in [2.45, 2.75) is 17.1 Å². The maximum Gasteiger partial charge on any atom is 0.266 e. The molecule has 1 saturated heterocycles. The van der Waals surface area contributed by atoms with Crippen LogP contribution in [0.3, 0.4) is 0 Å². The standard InChI is InChI=1S/C10H14N2O4S2/c1-2-15-10-4-3-9(5-11-10)18(13,14)12-6-8(17)7-16-12/h3-5,8,17H,2,6-7H2,1H3. The van der Waals surface area contributed by atoms with Gasteiger partial charge in [-0.25, -0.2) is 13.4 Å². The summed E-state index contributed by atoms with van der Waals surface area (Å²) < 4.78 is 30.4. The second-order valence-electron chi connectivity index (χ2n) is 3.71. The van der Waals surface area contributed by atoms with E-state index in [1.807, 2.05) is 6.92 Å². The molecule has 18 heavy (non-hydrogen) atoms. The molecule has 1 unspecified atom stereocenters. The highest BCUT2D eigenvalue weighted by Gasteiger charge is 2.32. The number of pyridine rings is 1. The third-order valence-electron chi connectivity index (χ3n) is 2.34. The van der Waals surface area contributed by atoms with Gasteiger partial charge in [0.25, 0.3) is 10.0 Å². The maximum atomic E-state index is 12.1. The lowest BCUT2D eigenvalue weighted by atomic mass is 10.5. The molecule has 0 aromatic carbocycles. The molecule has 6 nitrogen and oxygen atoms in total. The third-order valence-corrected chi connectivity index (χ3v) is 4.28. The first-order valence-electron chi connectivity index (χ1n) is 5.46. The molecule has 0 aliphatic carbocycles. The molecule has 1 atom stereocenters. The number of thiol groups is 1. The van der Waals surface area contributed by atoms with Crippen molar-refractivity contribution >= 4 is 22.7 Å². The van der Waals surface area contributed by atoms with E-state index in [4.69, 9.17) is 9.57 Å². The molecule has 1 aliphatic heterocycles. The van der Waals surface area contributed by atoms with E-state index < -0.39 is 10.0 Å². The monoisotopic (exact) mass is 290 g/mol. The lowest BCUT2D eigenvalue weighted by Gasteiger charge is -2.14. The van der Waals surface area contributed by atoms with Gasteiger partial charge in [0, 0.05) is 11.3 Å². The van der Waals surface area contributed by atoms with E-state index in [9.17, 15) is 8.42 Å². The summed E-state index contributed by atoms with van der Waals surface area (Å²) in [4.78, 5) is 9.07. The highest BCUT2D eigenvalue weighted by Crippen LogP contribution is 2.22. The predicted octanol–water partition coefficient (Wildman–Crippen LogP) is 0.715. The third kappa shape index (κ3) is 2.77. The van der Waals surface area contributed by atoms with Crippen molar-refractivity contribution in [3.63, 3.8) is 0 Å². The second-order valence-corrected chi connectivity index (χ2v) is 6.26. The number of aromatic nitrogens is 1. The van der Waals surface area contributed by atoms with Crippen molar-refractivity contribution < 1.29 is 18.0 Å². The van der Waals surface area contributed by atoms with Gasteiger partial charge in [-0.3, -0.25) is 4.84 Å². The molecule has 1 fully saturated rings. The summed E-state index contributed by atoms with van der Waals surface area (Å²) in [5, 5.41) is -0.101. The number of ether oxygens (including phenoxy) is 1. The average molecular weight is 290 g/mol. The van der Waals surface area contributed by atoms with Crippen LogP contribution in [0.1, 0.15) is 6.92 Å². The molecule has 0 radical (unpaired) electrons. The molecule has 0 amide bonds. The van der Waals surface area contributed by atoms with E-state index in [1.54, 1.807) is 0 Å². The van der Waals surface area contributed by atoms with Gasteiger partial charge in [0.15, 0.2) is 0 Å². The minimum Gasteiger partial charge on any atom is -0.478 e. The highest BCUT2D eigenvalue weighted by atomic mass is 32.2. The summed E-state index contributed by atoms with van der Waals surface area (Å²) in [5.41, 5.74) is 0. The van der Waals surface area contributed by atoms with Gasteiger partial charge >= 0.3 is 0 Å². The van der Waals surface area contributed by atoms with Crippen LogP contribution in [0.4, 0.5) is 0 Å². The molecule has 0 N–H and O–H groups in total. The van der Waals surface area contributed by atoms with Crippen LogP contribution in [0.2, 0.25) is 0 Å². The normalized spacial score (nSPS) is 21.1. The maximum absolute atomic E-state index is 12.1. The predicted molar refractivity (Wildman–Crippen MR) is 68.0 cm³/mol. The first-order chi connectivity index (χ1) is 8.54. The van der Waals surface area contributed by atoms with Gasteiger partial charge in [0.05, 0.1) is 26.0 Å². The van der Waals surface area contributed by atoms with E-state index >= 15 is 0 Å². The summed E-state index contributed by atoms with van der Waals surface area (Å²) in [6.45, 7) is 2.83. The number of rotatable bonds is 4. The Morgan fingerprint density at radius 3 is 2.89 bits per heavy atom. The van der Waals surface area contributed by atoms with E-state index in [-0.39, 0.29) is 23.3 Å². The summed E-state index contributed by atoms with van der Waals surface area (Å²) in [6, 6.07) is 2.97. The smallest absolute Gasteiger partial charge is 0.266 e. The average Bonchev–Trinajstić information content (AvgIpc) is 2.78. The molecule has 0 bridgehead atoms. The van der Waals surface area contributed by atoms with Gasteiger partial charge in [0.2, 0.25) is 5.88 Å². The molecule has 2 heterocycles. The SMILES string of the molecule is CCOc1ccc(S(=O)(=O)N2CC(S)CO2)cn1. The van der Waals surface area contributed by atoms with Gasteiger partial charge in [-0.15, -0.1) is 0 Å². The molecule has 100 valence electrons. The van der Waals surface area contributed by atoms with Crippen LogP contribution in [0.5, 0.6) is 5.88 Å². The molecule has 1 aromatic heterocycles. The fourth-order valence-electron chi connectivity index (χ4n) is 1.48. The Kier molecular flexibility index (Phi) is 4.10. The Morgan fingerprint density at radius 2 is 2.39 bits per heavy atom. The van der Waals surface area contributed by atoms with Gasteiger partial charge in [-0.2, -0.15) is 12.6 Å². The summed E-state index contributed by atoms with van der Waals surface area (Å²) >= 11 is 4.17. The quantitative estimate of drug-likeness (QED) is 0.827. The number of sulfonamides is 1. The first kappa shape index (κ1) is 13.6. The van der Waals surface area contributed by atoms with Gasteiger partial charge < -0.3 is 4.74 Å². The Morgan fingerprint density at radius 1 is 1.61 bits per heavy atom. The lowest BCUT2D eigenvalue weighted by Crippen LogP contribution is -2.28. The zero-order valence-corrected chi connectivity index (χ0v) is 11.5. The molecule has 8 heteroatoms. The van der Waals surface area contributed by atoms with Crippen LogP contribution in [0, 0.1) is 0 Å². The molecular formula is C10H14N2O4S2. The molecule has 1 aromatic rings. The largest absolute Gasteiger partial charge is 0.478 e. The second kappa shape index (κ2) is 5.43. The van der Waals surface area contributed by atoms with Gasteiger partial charge in [-0.1, -0.05) is 4.47 Å². The number of nitrogens with zero attached hydrogens (tertiary/aromatic N) is 2. The van der Waals surface area contributed by atoms with Crippen molar-refractivity contribution in [3.8, 4) is 5.88 Å². The van der Waals surface area contributed by atoms with Crippen molar-refractivity contribution in [1.29, 1.82) is 0 Å². The molecule has 0 spiro atoms. The molecule has 1 aliphatic rings. The van der Waals surface area contributed by atoms with Crippen molar-refractivity contribution in [2.75, 3.05) is 19.8 Å².